The van der Waals surface area contributed by atoms with Gasteiger partial charge in [0.25, 0.3) is 5.91 Å². The molecule has 0 bridgehead atoms. The maximum absolute atomic E-state index is 12.7. The fourth-order valence-electron chi connectivity index (χ4n) is 2.28. The third-order valence-corrected chi connectivity index (χ3v) is 3.45. The van der Waals surface area contributed by atoms with Crippen molar-refractivity contribution in [2.24, 2.45) is 5.73 Å². The summed E-state index contributed by atoms with van der Waals surface area (Å²) in [6.07, 6.45) is 2.95. The van der Waals surface area contributed by atoms with Crippen LogP contribution in [0, 0.1) is 0 Å². The van der Waals surface area contributed by atoms with E-state index in [1.807, 2.05) is 29.2 Å². The molecule has 0 heterocycles. The van der Waals surface area contributed by atoms with Crippen LogP contribution in [0.3, 0.4) is 0 Å². The molecular formula is C15H22N2O2. The second kappa shape index (κ2) is 6.68. The van der Waals surface area contributed by atoms with Crippen LogP contribution < -0.4 is 5.73 Å². The molecule has 1 amide bonds. The molecule has 1 fully saturated rings. The number of ether oxygens (including phenoxy) is 1. The summed E-state index contributed by atoms with van der Waals surface area (Å²) in [5, 5.41) is 0. The molecule has 1 aliphatic rings. The van der Waals surface area contributed by atoms with Gasteiger partial charge < -0.3 is 15.4 Å². The number of amides is 1. The Labute approximate surface area is 114 Å². The number of hydrogen-bond acceptors (Lipinski definition) is 3. The summed E-state index contributed by atoms with van der Waals surface area (Å²) in [4.78, 5) is 14.6. The summed E-state index contributed by atoms with van der Waals surface area (Å²) in [6, 6.07) is 8.15. The van der Waals surface area contributed by atoms with Crippen molar-refractivity contribution in [2.45, 2.75) is 25.3 Å². The fraction of sp³-hybridized carbons (Fsp3) is 0.533. The number of rotatable bonds is 7. The Morgan fingerprint density at radius 2 is 2.16 bits per heavy atom. The summed E-state index contributed by atoms with van der Waals surface area (Å²) in [5.41, 5.74) is 7.44. The molecule has 2 rings (SSSR count). The Kier molecular flexibility index (Phi) is 4.93. The second-order valence-corrected chi connectivity index (χ2v) is 4.92. The Morgan fingerprint density at radius 1 is 1.42 bits per heavy atom. The first-order valence-corrected chi connectivity index (χ1v) is 6.85. The third kappa shape index (κ3) is 3.55. The van der Waals surface area contributed by atoms with E-state index in [2.05, 4.69) is 0 Å². The van der Waals surface area contributed by atoms with Gasteiger partial charge in [-0.2, -0.15) is 0 Å². The van der Waals surface area contributed by atoms with Crippen molar-refractivity contribution in [1.29, 1.82) is 0 Å². The van der Waals surface area contributed by atoms with Gasteiger partial charge in [-0.05, 0) is 37.4 Å². The molecule has 19 heavy (non-hydrogen) atoms. The van der Waals surface area contributed by atoms with E-state index in [0.717, 1.165) is 30.4 Å². The zero-order valence-electron chi connectivity index (χ0n) is 11.5. The van der Waals surface area contributed by atoms with Gasteiger partial charge in [0.15, 0.2) is 0 Å². The van der Waals surface area contributed by atoms with E-state index in [0.29, 0.717) is 25.7 Å². The number of hydrogen-bond donors (Lipinski definition) is 1. The molecule has 104 valence electrons. The van der Waals surface area contributed by atoms with Crippen molar-refractivity contribution in [3.05, 3.63) is 35.4 Å². The Morgan fingerprint density at radius 3 is 2.79 bits per heavy atom. The average molecular weight is 262 g/mol. The molecular weight excluding hydrogens is 240 g/mol. The zero-order chi connectivity index (χ0) is 13.7. The number of benzene rings is 1. The Bertz CT molecular complexity index is 430. The first-order chi connectivity index (χ1) is 9.27. The average Bonchev–Trinajstić information content (AvgIpc) is 3.24. The second-order valence-electron chi connectivity index (χ2n) is 4.92. The van der Waals surface area contributed by atoms with Crippen LogP contribution in [-0.2, 0) is 11.2 Å². The zero-order valence-corrected chi connectivity index (χ0v) is 11.5. The minimum Gasteiger partial charge on any atom is -0.383 e. The monoisotopic (exact) mass is 262 g/mol. The predicted molar refractivity (Wildman–Crippen MR) is 75.1 cm³/mol. The van der Waals surface area contributed by atoms with Crippen LogP contribution >= 0.6 is 0 Å². The van der Waals surface area contributed by atoms with Gasteiger partial charge >= 0.3 is 0 Å². The van der Waals surface area contributed by atoms with Crippen molar-refractivity contribution >= 4 is 5.91 Å². The number of carbonyl (C=O) groups excluding carboxylic acids is 1. The van der Waals surface area contributed by atoms with Crippen LogP contribution in [0.15, 0.2) is 24.3 Å². The van der Waals surface area contributed by atoms with Crippen molar-refractivity contribution in [1.82, 2.24) is 4.90 Å². The van der Waals surface area contributed by atoms with E-state index in [9.17, 15) is 4.79 Å². The summed E-state index contributed by atoms with van der Waals surface area (Å²) >= 11 is 0. The van der Waals surface area contributed by atoms with Gasteiger partial charge in [-0.3, -0.25) is 4.79 Å². The predicted octanol–water partition coefficient (Wildman–Crippen LogP) is 1.44. The van der Waals surface area contributed by atoms with Crippen LogP contribution in [0.1, 0.15) is 28.8 Å². The van der Waals surface area contributed by atoms with Crippen molar-refractivity contribution < 1.29 is 9.53 Å². The topological polar surface area (TPSA) is 55.6 Å². The third-order valence-electron chi connectivity index (χ3n) is 3.45. The summed E-state index contributed by atoms with van der Waals surface area (Å²) in [7, 11) is 1.66. The van der Waals surface area contributed by atoms with Gasteiger partial charge in [-0.15, -0.1) is 0 Å². The number of methoxy groups -OCH3 is 1. The molecule has 0 aromatic heterocycles. The molecule has 4 heteroatoms. The van der Waals surface area contributed by atoms with E-state index in [1.165, 1.54) is 0 Å². The molecule has 1 aliphatic carbocycles. The van der Waals surface area contributed by atoms with E-state index in [1.54, 1.807) is 7.11 Å². The quantitative estimate of drug-likeness (QED) is 0.809. The minimum absolute atomic E-state index is 0.114. The lowest BCUT2D eigenvalue weighted by Gasteiger charge is -2.23. The van der Waals surface area contributed by atoms with Gasteiger partial charge in [0.2, 0.25) is 0 Å². The normalized spacial score (nSPS) is 14.4. The molecule has 1 aromatic rings. The summed E-state index contributed by atoms with van der Waals surface area (Å²) < 4.78 is 5.10. The molecule has 1 aromatic carbocycles. The molecule has 0 spiro atoms. The lowest BCUT2D eigenvalue weighted by Crippen LogP contribution is -2.36. The van der Waals surface area contributed by atoms with Crippen molar-refractivity contribution in [3.8, 4) is 0 Å². The molecule has 0 unspecified atom stereocenters. The SMILES string of the molecule is COCCN(C(=O)c1ccccc1CCN)C1CC1. The number of carbonyl (C=O) groups is 1. The van der Waals surface area contributed by atoms with Crippen molar-refractivity contribution in [2.75, 3.05) is 26.8 Å². The van der Waals surface area contributed by atoms with Crippen molar-refractivity contribution in [3.63, 3.8) is 0 Å². The highest BCUT2D eigenvalue weighted by Gasteiger charge is 2.33. The van der Waals surface area contributed by atoms with E-state index < -0.39 is 0 Å². The lowest BCUT2D eigenvalue weighted by atomic mass is 10.0. The van der Waals surface area contributed by atoms with Gasteiger partial charge in [0.1, 0.15) is 0 Å². The minimum atomic E-state index is 0.114. The van der Waals surface area contributed by atoms with Crippen LogP contribution in [0.25, 0.3) is 0 Å². The van der Waals surface area contributed by atoms with Gasteiger partial charge in [0, 0.05) is 25.3 Å². The van der Waals surface area contributed by atoms with E-state index in [4.69, 9.17) is 10.5 Å². The maximum Gasteiger partial charge on any atom is 0.254 e. The van der Waals surface area contributed by atoms with Crippen LogP contribution in [0.5, 0.6) is 0 Å². The molecule has 0 saturated heterocycles. The summed E-state index contributed by atoms with van der Waals surface area (Å²) in [6.45, 7) is 1.81. The molecule has 0 aliphatic heterocycles. The standard InChI is InChI=1S/C15H22N2O2/c1-19-11-10-17(13-6-7-13)15(18)14-5-3-2-4-12(14)8-9-16/h2-5,13H,6-11,16H2,1H3. The van der Waals surface area contributed by atoms with E-state index in [-0.39, 0.29) is 5.91 Å². The number of nitrogens with zero attached hydrogens (tertiary/aromatic N) is 1. The number of nitrogens with two attached hydrogens (primary N) is 1. The largest absolute Gasteiger partial charge is 0.383 e. The smallest absolute Gasteiger partial charge is 0.254 e. The van der Waals surface area contributed by atoms with Crippen LogP contribution in [0.2, 0.25) is 0 Å². The molecule has 0 radical (unpaired) electrons. The summed E-state index contributed by atoms with van der Waals surface area (Å²) in [5.74, 6) is 0.114. The van der Waals surface area contributed by atoms with Gasteiger partial charge in [-0.1, -0.05) is 18.2 Å². The van der Waals surface area contributed by atoms with Crippen LogP contribution in [-0.4, -0.2) is 43.7 Å². The van der Waals surface area contributed by atoms with Gasteiger partial charge in [0.05, 0.1) is 6.61 Å². The van der Waals surface area contributed by atoms with E-state index >= 15 is 0 Å². The molecule has 2 N–H and O–H groups in total. The van der Waals surface area contributed by atoms with Crippen LogP contribution in [0.4, 0.5) is 0 Å². The Balaban J connectivity index is 2.16. The molecule has 0 atom stereocenters. The first kappa shape index (κ1) is 14.0. The lowest BCUT2D eigenvalue weighted by molar-refractivity contribution is 0.0679. The fourth-order valence-corrected chi connectivity index (χ4v) is 2.28. The Hall–Kier alpha value is -1.39. The molecule has 1 saturated carbocycles. The highest BCUT2D eigenvalue weighted by Crippen LogP contribution is 2.28. The highest BCUT2D eigenvalue weighted by molar-refractivity contribution is 5.96. The van der Waals surface area contributed by atoms with Gasteiger partial charge in [-0.25, -0.2) is 0 Å². The first-order valence-electron chi connectivity index (χ1n) is 6.85. The molecule has 4 nitrogen and oxygen atoms in total. The maximum atomic E-state index is 12.7. The highest BCUT2D eigenvalue weighted by atomic mass is 16.5.